The molecule has 27 heavy (non-hydrogen) atoms. The Hall–Kier alpha value is -2.45. The van der Waals surface area contributed by atoms with Crippen LogP contribution in [0.5, 0.6) is 0 Å². The van der Waals surface area contributed by atoms with E-state index in [9.17, 15) is 17.6 Å². The van der Waals surface area contributed by atoms with Crippen molar-refractivity contribution in [3.63, 3.8) is 0 Å². The number of carbonyl (C=O) groups excluding carboxylic acids is 1. The second-order valence-electron chi connectivity index (χ2n) is 6.73. The van der Waals surface area contributed by atoms with E-state index in [4.69, 9.17) is 0 Å². The quantitative estimate of drug-likeness (QED) is 0.874. The first kappa shape index (κ1) is 17.9. The van der Waals surface area contributed by atoms with Crippen LogP contribution in [0.1, 0.15) is 12.0 Å². The third kappa shape index (κ3) is 3.54. The summed E-state index contributed by atoms with van der Waals surface area (Å²) < 4.78 is 39.9. The molecule has 142 valence electrons. The van der Waals surface area contributed by atoms with Crippen LogP contribution in [0, 0.1) is 5.82 Å². The van der Waals surface area contributed by atoms with Crippen molar-refractivity contribution in [3.8, 4) is 0 Å². The van der Waals surface area contributed by atoms with Gasteiger partial charge in [0.05, 0.1) is 4.90 Å². The van der Waals surface area contributed by atoms with Gasteiger partial charge in [0.2, 0.25) is 15.9 Å². The molecule has 0 aliphatic carbocycles. The molecule has 0 atom stereocenters. The first-order chi connectivity index (χ1) is 12.9. The van der Waals surface area contributed by atoms with Gasteiger partial charge in [0.1, 0.15) is 5.82 Å². The second-order valence-corrected chi connectivity index (χ2v) is 8.67. The van der Waals surface area contributed by atoms with E-state index in [1.54, 1.807) is 0 Å². The van der Waals surface area contributed by atoms with Gasteiger partial charge in [0, 0.05) is 44.0 Å². The standard InChI is InChI=1S/C19H20FN3O3S/c20-15-2-5-17(6-3-15)27(25,26)23-11-9-22(10-12-23)16-4-7-18-14(13-16)1-8-19(24)21-18/h2-7,13H,1,8-12H2,(H,21,24). The summed E-state index contributed by atoms with van der Waals surface area (Å²) in [6, 6.07) is 10.9. The summed E-state index contributed by atoms with van der Waals surface area (Å²) in [7, 11) is -3.61. The number of halogens is 1. The minimum atomic E-state index is -3.61. The highest BCUT2D eigenvalue weighted by Gasteiger charge is 2.29. The fourth-order valence-electron chi connectivity index (χ4n) is 3.51. The summed E-state index contributed by atoms with van der Waals surface area (Å²) in [5.41, 5.74) is 2.99. The number of hydrogen-bond donors (Lipinski definition) is 1. The Kier molecular flexibility index (Phi) is 4.61. The van der Waals surface area contributed by atoms with Crippen molar-refractivity contribution in [3.05, 3.63) is 53.8 Å². The van der Waals surface area contributed by atoms with Gasteiger partial charge >= 0.3 is 0 Å². The largest absolute Gasteiger partial charge is 0.369 e. The van der Waals surface area contributed by atoms with Gasteiger partial charge in [-0.25, -0.2) is 12.8 Å². The lowest BCUT2D eigenvalue weighted by Gasteiger charge is -2.36. The molecule has 4 rings (SSSR count). The van der Waals surface area contributed by atoms with Gasteiger partial charge in [-0.05, 0) is 54.4 Å². The smallest absolute Gasteiger partial charge is 0.243 e. The van der Waals surface area contributed by atoms with Gasteiger partial charge in [0.15, 0.2) is 0 Å². The minimum absolute atomic E-state index is 0.0369. The number of carbonyl (C=O) groups is 1. The lowest BCUT2D eigenvalue weighted by molar-refractivity contribution is -0.116. The van der Waals surface area contributed by atoms with E-state index < -0.39 is 15.8 Å². The Morgan fingerprint density at radius 3 is 2.33 bits per heavy atom. The summed E-state index contributed by atoms with van der Waals surface area (Å²) >= 11 is 0. The lowest BCUT2D eigenvalue weighted by atomic mass is 10.0. The average Bonchev–Trinajstić information content (AvgIpc) is 2.68. The van der Waals surface area contributed by atoms with Crippen LogP contribution in [0.2, 0.25) is 0 Å². The highest BCUT2D eigenvalue weighted by molar-refractivity contribution is 7.89. The molecule has 1 N–H and O–H groups in total. The van der Waals surface area contributed by atoms with E-state index in [2.05, 4.69) is 16.3 Å². The van der Waals surface area contributed by atoms with Gasteiger partial charge in [-0.15, -0.1) is 0 Å². The monoisotopic (exact) mass is 389 g/mol. The first-order valence-corrected chi connectivity index (χ1v) is 10.3. The summed E-state index contributed by atoms with van der Waals surface area (Å²) in [4.78, 5) is 13.7. The van der Waals surface area contributed by atoms with E-state index in [1.807, 2.05) is 12.1 Å². The Morgan fingerprint density at radius 1 is 0.926 bits per heavy atom. The average molecular weight is 389 g/mol. The van der Waals surface area contributed by atoms with Crippen molar-refractivity contribution in [2.45, 2.75) is 17.7 Å². The zero-order valence-electron chi connectivity index (χ0n) is 14.7. The first-order valence-electron chi connectivity index (χ1n) is 8.87. The van der Waals surface area contributed by atoms with Crippen LogP contribution >= 0.6 is 0 Å². The molecule has 1 saturated heterocycles. The molecular weight excluding hydrogens is 369 g/mol. The molecule has 0 radical (unpaired) electrons. The number of piperazine rings is 1. The maximum absolute atomic E-state index is 13.1. The number of hydrogen-bond acceptors (Lipinski definition) is 4. The molecule has 2 aromatic carbocycles. The third-order valence-corrected chi connectivity index (χ3v) is 6.95. The Labute approximate surface area is 157 Å². The van der Waals surface area contributed by atoms with E-state index >= 15 is 0 Å². The van der Waals surface area contributed by atoms with Crippen molar-refractivity contribution < 1.29 is 17.6 Å². The number of sulfonamides is 1. The molecule has 2 aromatic rings. The summed E-state index contributed by atoms with van der Waals surface area (Å²) in [5.74, 6) is -0.419. The van der Waals surface area contributed by atoms with Crippen LogP contribution in [0.4, 0.5) is 15.8 Å². The predicted molar refractivity (Wildman–Crippen MR) is 101 cm³/mol. The second kappa shape index (κ2) is 6.94. The van der Waals surface area contributed by atoms with Crippen LogP contribution in [-0.4, -0.2) is 44.8 Å². The van der Waals surface area contributed by atoms with Crippen LogP contribution in [0.25, 0.3) is 0 Å². The molecule has 8 heteroatoms. The van der Waals surface area contributed by atoms with Gasteiger partial charge in [0.25, 0.3) is 0 Å². The Balaban J connectivity index is 1.46. The van der Waals surface area contributed by atoms with Gasteiger partial charge in [-0.2, -0.15) is 4.31 Å². The molecule has 0 bridgehead atoms. The van der Waals surface area contributed by atoms with Crippen molar-refractivity contribution in [1.29, 1.82) is 0 Å². The Bertz CT molecular complexity index is 968. The van der Waals surface area contributed by atoms with Crippen molar-refractivity contribution in [2.75, 3.05) is 36.4 Å². The third-order valence-electron chi connectivity index (χ3n) is 5.04. The molecular formula is C19H20FN3O3S. The fourth-order valence-corrected chi connectivity index (χ4v) is 4.93. The number of rotatable bonds is 3. The van der Waals surface area contributed by atoms with E-state index in [0.29, 0.717) is 39.0 Å². The molecule has 2 aliphatic rings. The summed E-state index contributed by atoms with van der Waals surface area (Å²) in [6.07, 6.45) is 1.20. The highest BCUT2D eigenvalue weighted by atomic mass is 32.2. The number of amides is 1. The summed E-state index contributed by atoms with van der Waals surface area (Å²) in [6.45, 7) is 1.89. The number of benzene rings is 2. The van der Waals surface area contributed by atoms with Crippen LogP contribution in [-0.2, 0) is 21.2 Å². The normalized spacial score (nSPS) is 18.1. The molecule has 1 fully saturated rings. The van der Waals surface area contributed by atoms with Crippen molar-refractivity contribution >= 4 is 27.3 Å². The molecule has 2 heterocycles. The predicted octanol–water partition coefficient (Wildman–Crippen LogP) is 2.22. The minimum Gasteiger partial charge on any atom is -0.369 e. The van der Waals surface area contributed by atoms with Crippen molar-refractivity contribution in [1.82, 2.24) is 4.31 Å². The van der Waals surface area contributed by atoms with Gasteiger partial charge in [-0.3, -0.25) is 4.79 Å². The molecule has 0 aromatic heterocycles. The maximum atomic E-state index is 13.1. The van der Waals surface area contributed by atoms with Crippen molar-refractivity contribution in [2.24, 2.45) is 0 Å². The van der Waals surface area contributed by atoms with E-state index in [0.717, 1.165) is 29.1 Å². The number of nitrogens with one attached hydrogen (secondary N) is 1. The van der Waals surface area contributed by atoms with Gasteiger partial charge < -0.3 is 10.2 Å². The topological polar surface area (TPSA) is 69.7 Å². The van der Waals surface area contributed by atoms with Crippen LogP contribution < -0.4 is 10.2 Å². The van der Waals surface area contributed by atoms with Crippen LogP contribution in [0.3, 0.4) is 0 Å². The van der Waals surface area contributed by atoms with Gasteiger partial charge in [-0.1, -0.05) is 0 Å². The zero-order chi connectivity index (χ0) is 19.0. The molecule has 1 amide bonds. The summed E-state index contributed by atoms with van der Waals surface area (Å²) in [5, 5.41) is 2.87. The molecule has 6 nitrogen and oxygen atoms in total. The van der Waals surface area contributed by atoms with E-state index in [-0.39, 0.29) is 10.8 Å². The van der Waals surface area contributed by atoms with Crippen LogP contribution in [0.15, 0.2) is 47.4 Å². The number of fused-ring (bicyclic) bond motifs is 1. The molecule has 0 unspecified atom stereocenters. The molecule has 2 aliphatic heterocycles. The number of aryl methyl sites for hydroxylation is 1. The molecule has 0 spiro atoms. The maximum Gasteiger partial charge on any atom is 0.243 e. The number of anilines is 2. The molecule has 0 saturated carbocycles. The van der Waals surface area contributed by atoms with E-state index in [1.165, 1.54) is 16.4 Å². The Morgan fingerprint density at radius 2 is 1.63 bits per heavy atom. The SMILES string of the molecule is O=C1CCc2cc(N3CCN(S(=O)(=O)c4ccc(F)cc4)CC3)ccc2N1. The fraction of sp³-hybridized carbons (Fsp3) is 0.316. The number of nitrogens with zero attached hydrogens (tertiary/aromatic N) is 2. The zero-order valence-corrected chi connectivity index (χ0v) is 15.5. The lowest BCUT2D eigenvalue weighted by Crippen LogP contribution is -2.48. The highest BCUT2D eigenvalue weighted by Crippen LogP contribution is 2.28.